The van der Waals surface area contributed by atoms with Gasteiger partial charge in [0.1, 0.15) is 0 Å². The molecule has 1 rings (SSSR count). The fourth-order valence-corrected chi connectivity index (χ4v) is 1.08. The molecule has 0 heterocycles. The summed E-state index contributed by atoms with van der Waals surface area (Å²) < 4.78 is 0. The number of rotatable bonds is 6. The van der Waals surface area contributed by atoms with Crippen molar-refractivity contribution in [2.75, 3.05) is 19.7 Å². The maximum Gasteiger partial charge on any atom is 0.234 e. The van der Waals surface area contributed by atoms with Crippen molar-refractivity contribution in [2.45, 2.75) is 32.7 Å². The van der Waals surface area contributed by atoms with Crippen LogP contribution in [-0.4, -0.2) is 36.8 Å². The Bertz CT molecular complexity index is 200. The number of aliphatic hydroxyl groups excluding tert-OH is 1. The van der Waals surface area contributed by atoms with Gasteiger partial charge in [-0.3, -0.25) is 4.79 Å². The van der Waals surface area contributed by atoms with Crippen LogP contribution in [0.5, 0.6) is 0 Å². The average molecular weight is 200 g/mol. The highest BCUT2D eigenvalue weighted by Crippen LogP contribution is 2.18. The highest BCUT2D eigenvalue weighted by molar-refractivity contribution is 5.78. The zero-order valence-corrected chi connectivity index (χ0v) is 8.97. The average Bonchev–Trinajstić information content (AvgIpc) is 2.88. The quantitative estimate of drug-likeness (QED) is 0.560. The summed E-state index contributed by atoms with van der Waals surface area (Å²) in [4.78, 5) is 11.2. The maximum absolute atomic E-state index is 11.2. The van der Waals surface area contributed by atoms with Gasteiger partial charge >= 0.3 is 0 Å². The van der Waals surface area contributed by atoms with Gasteiger partial charge in [0.05, 0.1) is 6.54 Å². The Hall–Kier alpha value is -0.610. The van der Waals surface area contributed by atoms with Crippen molar-refractivity contribution in [3.05, 3.63) is 0 Å². The van der Waals surface area contributed by atoms with Crippen molar-refractivity contribution in [2.24, 2.45) is 5.41 Å². The number of hydrogen-bond acceptors (Lipinski definition) is 3. The predicted octanol–water partition coefficient (Wildman–Crippen LogP) is -0.127. The van der Waals surface area contributed by atoms with Crippen molar-refractivity contribution in [1.82, 2.24) is 10.6 Å². The third-order valence-corrected chi connectivity index (χ3v) is 2.26. The second-order valence-electron chi connectivity index (χ2n) is 4.77. The van der Waals surface area contributed by atoms with Gasteiger partial charge in [-0.1, -0.05) is 13.8 Å². The topological polar surface area (TPSA) is 61.4 Å². The zero-order chi connectivity index (χ0) is 10.6. The minimum atomic E-state index is -0.153. The van der Waals surface area contributed by atoms with Crippen LogP contribution in [0.2, 0.25) is 0 Å². The molecule has 1 amide bonds. The smallest absolute Gasteiger partial charge is 0.234 e. The zero-order valence-electron chi connectivity index (χ0n) is 8.97. The first-order chi connectivity index (χ1) is 6.53. The lowest BCUT2D eigenvalue weighted by atomic mass is 9.95. The van der Waals surface area contributed by atoms with E-state index in [2.05, 4.69) is 10.6 Å². The van der Waals surface area contributed by atoms with E-state index in [1.165, 1.54) is 0 Å². The van der Waals surface area contributed by atoms with Gasteiger partial charge in [-0.25, -0.2) is 0 Å². The first-order valence-corrected chi connectivity index (χ1v) is 5.14. The monoisotopic (exact) mass is 200 g/mol. The van der Waals surface area contributed by atoms with E-state index in [1.54, 1.807) is 0 Å². The van der Waals surface area contributed by atoms with Gasteiger partial charge in [-0.05, 0) is 12.8 Å². The normalized spacial score (nSPS) is 16.8. The van der Waals surface area contributed by atoms with Crippen molar-refractivity contribution >= 4 is 5.91 Å². The molecule has 0 aromatic heterocycles. The number of amides is 1. The fourth-order valence-electron chi connectivity index (χ4n) is 1.08. The maximum atomic E-state index is 11.2. The Morgan fingerprint density at radius 3 is 2.64 bits per heavy atom. The van der Waals surface area contributed by atoms with Crippen LogP contribution in [0.3, 0.4) is 0 Å². The molecule has 4 nitrogen and oxygen atoms in total. The predicted molar refractivity (Wildman–Crippen MR) is 54.9 cm³/mol. The largest absolute Gasteiger partial charge is 0.396 e. The van der Waals surface area contributed by atoms with Crippen molar-refractivity contribution in [3.63, 3.8) is 0 Å². The highest BCUT2D eigenvalue weighted by atomic mass is 16.3. The van der Waals surface area contributed by atoms with Gasteiger partial charge in [0.2, 0.25) is 5.91 Å². The molecule has 1 saturated carbocycles. The van der Waals surface area contributed by atoms with Crippen molar-refractivity contribution in [1.29, 1.82) is 0 Å². The second kappa shape index (κ2) is 4.75. The second-order valence-corrected chi connectivity index (χ2v) is 4.77. The molecule has 1 aliphatic carbocycles. The molecule has 1 aliphatic rings. The first kappa shape index (κ1) is 11.5. The van der Waals surface area contributed by atoms with Gasteiger partial charge in [0.25, 0.3) is 0 Å². The van der Waals surface area contributed by atoms with Crippen LogP contribution in [0.15, 0.2) is 0 Å². The summed E-state index contributed by atoms with van der Waals surface area (Å²) in [6.07, 6.45) is 2.24. The van der Waals surface area contributed by atoms with Crippen LogP contribution in [0.4, 0.5) is 0 Å². The van der Waals surface area contributed by atoms with E-state index in [1.807, 2.05) is 13.8 Å². The standard InChI is InChI=1S/C10H20N2O2/c1-10(2,7-13)6-11-5-9(14)12-8-3-4-8/h8,11,13H,3-7H2,1-2H3,(H,12,14). The lowest BCUT2D eigenvalue weighted by Crippen LogP contribution is -2.40. The SMILES string of the molecule is CC(C)(CO)CNCC(=O)NC1CC1. The van der Waals surface area contributed by atoms with Crippen molar-refractivity contribution in [3.8, 4) is 0 Å². The van der Waals surface area contributed by atoms with E-state index in [4.69, 9.17) is 5.11 Å². The van der Waals surface area contributed by atoms with E-state index in [0.717, 1.165) is 12.8 Å². The van der Waals surface area contributed by atoms with Crippen LogP contribution in [0.1, 0.15) is 26.7 Å². The molecule has 0 spiro atoms. The van der Waals surface area contributed by atoms with Gasteiger partial charge < -0.3 is 15.7 Å². The Kier molecular flexibility index (Phi) is 3.89. The molecule has 0 radical (unpaired) electrons. The Morgan fingerprint density at radius 1 is 1.50 bits per heavy atom. The van der Waals surface area contributed by atoms with Crippen LogP contribution in [0, 0.1) is 5.41 Å². The summed E-state index contributed by atoms with van der Waals surface area (Å²) in [5, 5.41) is 14.9. The van der Waals surface area contributed by atoms with Crippen LogP contribution in [-0.2, 0) is 4.79 Å². The molecule has 0 atom stereocenters. The van der Waals surface area contributed by atoms with Crippen LogP contribution in [0.25, 0.3) is 0 Å². The lowest BCUT2D eigenvalue weighted by molar-refractivity contribution is -0.120. The number of hydrogen-bond donors (Lipinski definition) is 3. The van der Waals surface area contributed by atoms with E-state index >= 15 is 0 Å². The third-order valence-electron chi connectivity index (χ3n) is 2.26. The number of nitrogens with one attached hydrogen (secondary N) is 2. The Labute approximate surface area is 85.1 Å². The molecule has 82 valence electrons. The third kappa shape index (κ3) is 4.58. The lowest BCUT2D eigenvalue weighted by Gasteiger charge is -2.21. The van der Waals surface area contributed by atoms with E-state index < -0.39 is 0 Å². The minimum Gasteiger partial charge on any atom is -0.396 e. The van der Waals surface area contributed by atoms with Crippen molar-refractivity contribution < 1.29 is 9.90 Å². The molecule has 0 unspecified atom stereocenters. The number of aliphatic hydroxyl groups is 1. The number of carbonyl (C=O) groups excluding carboxylic acids is 1. The minimum absolute atomic E-state index is 0.0567. The summed E-state index contributed by atoms with van der Waals surface area (Å²) in [6, 6.07) is 0.426. The summed E-state index contributed by atoms with van der Waals surface area (Å²) in [7, 11) is 0. The summed E-state index contributed by atoms with van der Waals surface area (Å²) in [5.41, 5.74) is -0.153. The van der Waals surface area contributed by atoms with Gasteiger partial charge in [-0.15, -0.1) is 0 Å². The van der Waals surface area contributed by atoms with E-state index in [-0.39, 0.29) is 17.9 Å². The first-order valence-electron chi connectivity index (χ1n) is 5.14. The highest BCUT2D eigenvalue weighted by Gasteiger charge is 2.23. The van der Waals surface area contributed by atoms with E-state index in [9.17, 15) is 4.79 Å². The molecule has 0 saturated heterocycles. The molecule has 3 N–H and O–H groups in total. The molecule has 0 aromatic rings. The molecule has 14 heavy (non-hydrogen) atoms. The molecular weight excluding hydrogens is 180 g/mol. The molecule has 0 aromatic carbocycles. The number of carbonyl (C=O) groups is 1. The summed E-state index contributed by atoms with van der Waals surface area (Å²) in [6.45, 7) is 5.04. The molecule has 0 aliphatic heterocycles. The Balaban J connectivity index is 2.04. The fraction of sp³-hybridized carbons (Fsp3) is 0.900. The van der Waals surface area contributed by atoms with Gasteiger partial charge in [-0.2, -0.15) is 0 Å². The van der Waals surface area contributed by atoms with Gasteiger partial charge in [0, 0.05) is 24.6 Å². The van der Waals surface area contributed by atoms with Crippen LogP contribution >= 0.6 is 0 Å². The Morgan fingerprint density at radius 2 is 2.14 bits per heavy atom. The summed E-state index contributed by atoms with van der Waals surface area (Å²) >= 11 is 0. The molecular formula is C10H20N2O2. The van der Waals surface area contributed by atoms with Crippen LogP contribution < -0.4 is 10.6 Å². The molecule has 0 bridgehead atoms. The summed E-state index contributed by atoms with van der Waals surface area (Å²) in [5.74, 6) is 0.0567. The van der Waals surface area contributed by atoms with E-state index in [0.29, 0.717) is 19.1 Å². The molecule has 1 fully saturated rings. The molecule has 4 heteroatoms. The van der Waals surface area contributed by atoms with Gasteiger partial charge in [0.15, 0.2) is 0 Å².